The number of halogens is 1. The second kappa shape index (κ2) is 8.76. The van der Waals surface area contributed by atoms with Gasteiger partial charge in [-0.3, -0.25) is 5.32 Å². The summed E-state index contributed by atoms with van der Waals surface area (Å²) in [7, 11) is 0. The van der Waals surface area contributed by atoms with E-state index in [1.54, 1.807) is 31.2 Å². The van der Waals surface area contributed by atoms with Crippen LogP contribution in [0.3, 0.4) is 0 Å². The van der Waals surface area contributed by atoms with Crippen molar-refractivity contribution in [1.29, 1.82) is 0 Å². The number of esters is 1. The molecule has 0 radical (unpaired) electrons. The normalized spacial score (nSPS) is 15.7. The number of fused-ring (bicyclic) bond motifs is 1. The van der Waals surface area contributed by atoms with Gasteiger partial charge in [0.15, 0.2) is 0 Å². The summed E-state index contributed by atoms with van der Waals surface area (Å²) in [5.74, 6) is 0.252. The molecule has 3 rings (SSSR count). The van der Waals surface area contributed by atoms with Crippen molar-refractivity contribution < 1.29 is 14.3 Å². The molecule has 0 bridgehead atoms. The summed E-state index contributed by atoms with van der Waals surface area (Å²) in [6.07, 6.45) is 3.96. The monoisotopic (exact) mass is 406 g/mol. The first-order valence-corrected chi connectivity index (χ1v) is 10.4. The number of anilines is 2. The fourth-order valence-electron chi connectivity index (χ4n) is 3.34. The SMILES string of the molecule is CCOC(=O)c1c(NC(=O)Nc2cccc(Cl)c2)sc2c1CCC(CC)C2. The molecule has 2 aromatic rings. The molecule has 1 atom stereocenters. The number of nitrogens with one attached hydrogen (secondary N) is 2. The van der Waals surface area contributed by atoms with E-state index in [0.717, 1.165) is 31.2 Å². The van der Waals surface area contributed by atoms with Crippen LogP contribution in [-0.4, -0.2) is 18.6 Å². The number of thiophene rings is 1. The number of carbonyl (C=O) groups is 2. The van der Waals surface area contributed by atoms with E-state index < -0.39 is 6.03 Å². The van der Waals surface area contributed by atoms with Gasteiger partial charge in [-0.15, -0.1) is 11.3 Å². The zero-order chi connectivity index (χ0) is 19.4. The molecule has 0 saturated carbocycles. The molecule has 144 valence electrons. The third-order valence-corrected chi connectivity index (χ3v) is 6.14. The molecule has 1 aromatic carbocycles. The number of hydrogen-bond acceptors (Lipinski definition) is 4. The van der Waals surface area contributed by atoms with Gasteiger partial charge in [-0.2, -0.15) is 0 Å². The van der Waals surface area contributed by atoms with Gasteiger partial charge in [0, 0.05) is 15.6 Å². The molecule has 1 aliphatic carbocycles. The van der Waals surface area contributed by atoms with Crippen molar-refractivity contribution in [3.63, 3.8) is 0 Å². The second-order valence-corrected chi connectivity index (χ2v) is 8.08. The van der Waals surface area contributed by atoms with Crippen LogP contribution in [0, 0.1) is 5.92 Å². The second-order valence-electron chi connectivity index (χ2n) is 6.53. The minimum atomic E-state index is -0.409. The van der Waals surface area contributed by atoms with Crippen LogP contribution in [0.15, 0.2) is 24.3 Å². The van der Waals surface area contributed by atoms with Crippen LogP contribution in [0.4, 0.5) is 15.5 Å². The maximum absolute atomic E-state index is 12.5. The van der Waals surface area contributed by atoms with Gasteiger partial charge in [0.1, 0.15) is 5.00 Å². The lowest BCUT2D eigenvalue weighted by Gasteiger charge is -2.20. The van der Waals surface area contributed by atoms with Crippen LogP contribution in [0.25, 0.3) is 0 Å². The Labute approximate surface area is 168 Å². The van der Waals surface area contributed by atoms with Crippen molar-refractivity contribution in [3.8, 4) is 0 Å². The number of hydrogen-bond donors (Lipinski definition) is 2. The quantitative estimate of drug-likeness (QED) is 0.622. The van der Waals surface area contributed by atoms with E-state index in [1.807, 2.05) is 0 Å². The van der Waals surface area contributed by atoms with Gasteiger partial charge in [-0.25, -0.2) is 9.59 Å². The molecule has 1 aliphatic rings. The fourth-order valence-corrected chi connectivity index (χ4v) is 4.88. The topological polar surface area (TPSA) is 67.4 Å². The van der Waals surface area contributed by atoms with Crippen molar-refractivity contribution in [1.82, 2.24) is 0 Å². The Balaban J connectivity index is 1.84. The predicted octanol–water partition coefficient (Wildman–Crippen LogP) is 5.74. The smallest absolute Gasteiger partial charge is 0.341 e. The van der Waals surface area contributed by atoms with Gasteiger partial charge in [0.2, 0.25) is 0 Å². The van der Waals surface area contributed by atoms with Crippen molar-refractivity contribution >= 4 is 45.6 Å². The summed E-state index contributed by atoms with van der Waals surface area (Å²) < 4.78 is 5.24. The molecule has 0 aliphatic heterocycles. The standard InChI is InChI=1S/C20H23ClN2O3S/c1-3-12-8-9-15-16(10-12)27-18(17(15)19(24)26-4-2)23-20(25)22-14-7-5-6-13(21)11-14/h5-7,11-12H,3-4,8-10H2,1-2H3,(H2,22,23,25). The lowest BCUT2D eigenvalue weighted by Crippen LogP contribution is -2.21. The van der Waals surface area contributed by atoms with Crippen molar-refractivity contribution in [2.24, 2.45) is 5.92 Å². The maximum Gasteiger partial charge on any atom is 0.341 e. The van der Waals surface area contributed by atoms with Crippen molar-refractivity contribution in [2.45, 2.75) is 39.5 Å². The minimum Gasteiger partial charge on any atom is -0.462 e. The minimum absolute atomic E-state index is 0.301. The number of rotatable bonds is 5. The highest BCUT2D eigenvalue weighted by atomic mass is 35.5. The average molecular weight is 407 g/mol. The molecule has 5 nitrogen and oxygen atoms in total. The summed E-state index contributed by atoms with van der Waals surface area (Å²) >= 11 is 7.43. The van der Waals surface area contributed by atoms with Crippen LogP contribution in [0.2, 0.25) is 5.02 Å². The van der Waals surface area contributed by atoms with E-state index >= 15 is 0 Å². The first-order valence-electron chi connectivity index (χ1n) is 9.17. The van der Waals surface area contributed by atoms with Crippen molar-refractivity contribution in [2.75, 3.05) is 17.2 Å². The van der Waals surface area contributed by atoms with Crippen LogP contribution in [0.1, 0.15) is 47.5 Å². The fraction of sp³-hybridized carbons (Fsp3) is 0.400. The van der Waals surface area contributed by atoms with E-state index in [0.29, 0.717) is 33.8 Å². The Bertz CT molecular complexity index is 850. The third kappa shape index (κ3) is 4.62. The molecule has 7 heteroatoms. The predicted molar refractivity (Wildman–Crippen MR) is 110 cm³/mol. The molecule has 2 amide bonds. The Hall–Kier alpha value is -2.05. The van der Waals surface area contributed by atoms with E-state index in [2.05, 4.69) is 17.6 Å². The van der Waals surface area contributed by atoms with Gasteiger partial charge in [-0.05, 0) is 55.9 Å². The van der Waals surface area contributed by atoms with Crippen LogP contribution < -0.4 is 10.6 Å². The van der Waals surface area contributed by atoms with E-state index in [9.17, 15) is 9.59 Å². The van der Waals surface area contributed by atoms with Crippen LogP contribution in [0.5, 0.6) is 0 Å². The zero-order valence-corrected chi connectivity index (χ0v) is 17.0. The Morgan fingerprint density at radius 2 is 2.11 bits per heavy atom. The summed E-state index contributed by atoms with van der Waals surface area (Å²) in [5.41, 5.74) is 2.12. The zero-order valence-electron chi connectivity index (χ0n) is 15.4. The molecular weight excluding hydrogens is 384 g/mol. The van der Waals surface area contributed by atoms with Gasteiger partial charge >= 0.3 is 12.0 Å². The highest BCUT2D eigenvalue weighted by Crippen LogP contribution is 2.40. The summed E-state index contributed by atoms with van der Waals surface area (Å²) in [4.78, 5) is 26.2. The number of carbonyl (C=O) groups excluding carboxylic acids is 2. The number of urea groups is 1. The van der Waals surface area contributed by atoms with Crippen molar-refractivity contribution in [3.05, 3.63) is 45.3 Å². The first kappa shape index (κ1) is 19.7. The van der Waals surface area contributed by atoms with Gasteiger partial charge in [0.05, 0.1) is 12.2 Å². The molecule has 2 N–H and O–H groups in total. The summed E-state index contributed by atoms with van der Waals surface area (Å²) in [5, 5.41) is 6.67. The third-order valence-electron chi connectivity index (χ3n) is 4.73. The highest BCUT2D eigenvalue weighted by molar-refractivity contribution is 7.17. The Morgan fingerprint density at radius 3 is 2.81 bits per heavy atom. The number of benzene rings is 1. The lowest BCUT2D eigenvalue weighted by molar-refractivity contribution is 0.0526. The largest absolute Gasteiger partial charge is 0.462 e. The van der Waals surface area contributed by atoms with E-state index in [4.69, 9.17) is 16.3 Å². The van der Waals surface area contributed by atoms with Gasteiger partial charge in [-0.1, -0.05) is 31.0 Å². The first-order chi connectivity index (χ1) is 13.0. The van der Waals surface area contributed by atoms with E-state index in [-0.39, 0.29) is 5.97 Å². The molecule has 27 heavy (non-hydrogen) atoms. The molecule has 1 unspecified atom stereocenters. The van der Waals surface area contributed by atoms with E-state index in [1.165, 1.54) is 16.2 Å². The van der Waals surface area contributed by atoms with Gasteiger partial charge in [0.25, 0.3) is 0 Å². The lowest BCUT2D eigenvalue weighted by atomic mass is 9.86. The summed E-state index contributed by atoms with van der Waals surface area (Å²) in [6, 6.07) is 6.51. The summed E-state index contributed by atoms with van der Waals surface area (Å²) in [6.45, 7) is 4.27. The maximum atomic E-state index is 12.5. The Kier molecular flexibility index (Phi) is 6.39. The number of amides is 2. The highest BCUT2D eigenvalue weighted by Gasteiger charge is 2.29. The molecule has 1 aromatic heterocycles. The Morgan fingerprint density at radius 1 is 1.30 bits per heavy atom. The van der Waals surface area contributed by atoms with Crippen LogP contribution >= 0.6 is 22.9 Å². The molecule has 0 fully saturated rings. The molecule has 0 spiro atoms. The van der Waals surface area contributed by atoms with Gasteiger partial charge < -0.3 is 10.1 Å². The van der Waals surface area contributed by atoms with Crippen LogP contribution in [-0.2, 0) is 17.6 Å². The number of ether oxygens (including phenoxy) is 1. The molecule has 1 heterocycles. The average Bonchev–Trinajstić information content (AvgIpc) is 2.98. The molecule has 0 saturated heterocycles. The molecular formula is C20H23ClN2O3S.